The Hall–Kier alpha value is -6.83. The van der Waals surface area contributed by atoms with Crippen LogP contribution in [0.2, 0.25) is 0 Å². The molecule has 0 saturated carbocycles. The summed E-state index contributed by atoms with van der Waals surface area (Å²) in [5, 5.41) is 4.73. The summed E-state index contributed by atoms with van der Waals surface area (Å²) in [6, 6.07) is 49.6. The Morgan fingerprint density at radius 3 is 1.60 bits per heavy atom. The fraction of sp³-hybridized carbons (Fsp3) is 0.0192. The van der Waals surface area contributed by atoms with Gasteiger partial charge in [-0.3, -0.25) is 4.98 Å². The summed E-state index contributed by atoms with van der Waals surface area (Å²) in [5.74, 6) is 0. The van der Waals surface area contributed by atoms with Crippen molar-refractivity contribution in [2.75, 3.05) is 0 Å². The maximum absolute atomic E-state index is 4.86. The first-order valence-electron chi connectivity index (χ1n) is 17.9. The van der Waals surface area contributed by atoms with Gasteiger partial charge in [0, 0.05) is 17.3 Å². The number of nitrogens with zero attached hydrogens (tertiary/aromatic N) is 1. The number of hydrogen-bond acceptors (Lipinski definition) is 1. The summed E-state index contributed by atoms with van der Waals surface area (Å²) in [7, 11) is 0. The Morgan fingerprint density at radius 2 is 0.943 bits per heavy atom. The average Bonchev–Trinajstić information content (AvgIpc) is 3.22. The second-order valence-corrected chi connectivity index (χ2v) is 13.4. The van der Waals surface area contributed by atoms with Crippen LogP contribution in [0.15, 0.2) is 172 Å². The molecule has 0 fully saturated rings. The van der Waals surface area contributed by atoms with Crippen LogP contribution in [-0.2, 0) is 0 Å². The molecule has 0 amide bonds. The van der Waals surface area contributed by atoms with Gasteiger partial charge < -0.3 is 0 Å². The lowest BCUT2D eigenvalue weighted by Gasteiger charge is -2.23. The summed E-state index contributed by atoms with van der Waals surface area (Å²) in [6.07, 6.45) is 9.80. The van der Waals surface area contributed by atoms with Gasteiger partial charge in [0.25, 0.3) is 0 Å². The molecule has 0 aliphatic carbocycles. The zero-order valence-electron chi connectivity index (χ0n) is 29.9. The molecule has 1 aromatic heterocycles. The van der Waals surface area contributed by atoms with Gasteiger partial charge in [-0.05, 0) is 102 Å². The van der Waals surface area contributed by atoms with E-state index in [4.69, 9.17) is 4.98 Å². The summed E-state index contributed by atoms with van der Waals surface area (Å²) < 4.78 is 0. The molecule has 1 nitrogen and oxygen atoms in total. The molecule has 252 valence electrons. The summed E-state index contributed by atoms with van der Waals surface area (Å²) in [6.45, 7) is 19.3. The molecule has 0 aliphatic rings. The third-order valence-corrected chi connectivity index (χ3v) is 10.3. The van der Waals surface area contributed by atoms with Crippen LogP contribution in [0, 0.1) is 6.92 Å². The first-order valence-corrected chi connectivity index (χ1v) is 17.9. The summed E-state index contributed by atoms with van der Waals surface area (Å²) >= 11 is 0. The molecule has 53 heavy (non-hydrogen) atoms. The molecule has 0 unspecified atom stereocenters. The number of aromatic nitrogens is 1. The highest BCUT2D eigenvalue weighted by Crippen LogP contribution is 2.46. The van der Waals surface area contributed by atoms with Crippen LogP contribution in [0.25, 0.3) is 102 Å². The van der Waals surface area contributed by atoms with Crippen LogP contribution in [0.3, 0.4) is 0 Å². The van der Waals surface area contributed by atoms with Crippen LogP contribution in [-0.4, -0.2) is 4.98 Å². The van der Waals surface area contributed by atoms with Crippen molar-refractivity contribution in [1.29, 1.82) is 0 Å². The van der Waals surface area contributed by atoms with E-state index in [-0.39, 0.29) is 0 Å². The van der Waals surface area contributed by atoms with Gasteiger partial charge in [-0.15, -0.1) is 0 Å². The van der Waals surface area contributed by atoms with Crippen molar-refractivity contribution in [2.24, 2.45) is 0 Å². The van der Waals surface area contributed by atoms with E-state index in [1.165, 1.54) is 16.3 Å². The number of pyridine rings is 1. The minimum absolute atomic E-state index is 0.958. The van der Waals surface area contributed by atoms with E-state index in [2.05, 4.69) is 173 Å². The smallest absolute Gasteiger partial charge is 0.0702 e. The van der Waals surface area contributed by atoms with E-state index >= 15 is 0 Å². The number of hydrogen-bond donors (Lipinski definition) is 0. The van der Waals surface area contributed by atoms with Crippen LogP contribution < -0.4 is 0 Å². The molecule has 0 spiro atoms. The number of aryl methyl sites for hydroxylation is 1. The molecular weight excluding hydrogens is 639 g/mol. The van der Waals surface area contributed by atoms with E-state index in [0.717, 1.165) is 88.8 Å². The third-order valence-electron chi connectivity index (χ3n) is 10.3. The molecule has 8 aromatic rings. The van der Waals surface area contributed by atoms with E-state index in [9.17, 15) is 0 Å². The Bertz CT molecular complexity index is 2710. The van der Waals surface area contributed by atoms with Gasteiger partial charge in [0.2, 0.25) is 0 Å². The van der Waals surface area contributed by atoms with Crippen molar-refractivity contribution < 1.29 is 0 Å². The van der Waals surface area contributed by atoms with Gasteiger partial charge in [-0.2, -0.15) is 0 Å². The highest BCUT2D eigenvalue weighted by molar-refractivity contribution is 6.13. The maximum Gasteiger partial charge on any atom is 0.0702 e. The fourth-order valence-electron chi connectivity index (χ4n) is 7.70. The van der Waals surface area contributed by atoms with Crippen LogP contribution in [0.4, 0.5) is 0 Å². The number of fused-ring (bicyclic) bond motifs is 2. The van der Waals surface area contributed by atoms with Crippen LogP contribution in [0.1, 0.15) is 27.8 Å². The molecule has 7 aromatic carbocycles. The van der Waals surface area contributed by atoms with Crippen molar-refractivity contribution in [2.45, 2.75) is 6.92 Å². The first-order chi connectivity index (χ1) is 26.0. The Kier molecular flexibility index (Phi) is 8.84. The van der Waals surface area contributed by atoms with Gasteiger partial charge in [0.1, 0.15) is 0 Å². The highest BCUT2D eigenvalue weighted by atomic mass is 14.7. The SMILES string of the molecule is C=Cc1c(-c2ccc(C)cc2)ccc(-c2c(C=C)c(C=C)c(-c3ccc(-c4ccc(-c5ccc6ccccc6c5)nc4)cc3)c3ccccc23)c1C=C. The lowest BCUT2D eigenvalue weighted by Crippen LogP contribution is -1.99. The molecule has 1 heterocycles. The molecule has 0 bridgehead atoms. The standard InChI is InChI=1S/C52H39N/c1-6-42-43(7-2)49(30-29-46(42)37-20-18-34(5)19-21-37)52-45(9-4)44(8-3)51(47-16-12-13-17-48(47)52)38-25-22-36(23-26-38)41-28-31-50(53-33-41)40-27-24-35-14-10-11-15-39(35)32-40/h6-33H,1-4H2,5H3. The van der Waals surface area contributed by atoms with Crippen molar-refractivity contribution >= 4 is 45.8 Å². The lowest BCUT2D eigenvalue weighted by molar-refractivity contribution is 1.33. The number of rotatable bonds is 9. The zero-order valence-corrected chi connectivity index (χ0v) is 29.9. The monoisotopic (exact) mass is 677 g/mol. The summed E-state index contributed by atoms with van der Waals surface area (Å²) in [4.78, 5) is 4.86. The third kappa shape index (κ3) is 5.93. The van der Waals surface area contributed by atoms with Gasteiger partial charge in [0.15, 0.2) is 0 Å². The molecule has 0 radical (unpaired) electrons. The topological polar surface area (TPSA) is 12.9 Å². The second-order valence-electron chi connectivity index (χ2n) is 13.4. The van der Waals surface area contributed by atoms with Crippen molar-refractivity contribution in [3.63, 3.8) is 0 Å². The van der Waals surface area contributed by atoms with Crippen LogP contribution >= 0.6 is 0 Å². The quantitative estimate of drug-likeness (QED) is 0.148. The average molecular weight is 678 g/mol. The van der Waals surface area contributed by atoms with E-state index < -0.39 is 0 Å². The molecule has 8 rings (SSSR count). The normalized spacial score (nSPS) is 11.0. The summed E-state index contributed by atoms with van der Waals surface area (Å²) in [5.41, 5.74) is 16.4. The van der Waals surface area contributed by atoms with E-state index in [0.29, 0.717) is 0 Å². The zero-order chi connectivity index (χ0) is 36.5. The van der Waals surface area contributed by atoms with Crippen LogP contribution in [0.5, 0.6) is 0 Å². The van der Waals surface area contributed by atoms with Crippen molar-refractivity contribution in [3.8, 4) is 55.8 Å². The molecular formula is C52H39N. The maximum atomic E-state index is 4.86. The van der Waals surface area contributed by atoms with Gasteiger partial charge in [-0.25, -0.2) is 0 Å². The molecule has 0 aliphatic heterocycles. The van der Waals surface area contributed by atoms with Gasteiger partial charge in [0.05, 0.1) is 5.69 Å². The molecule has 1 heteroatoms. The Balaban J connectivity index is 1.22. The Morgan fingerprint density at radius 1 is 0.415 bits per heavy atom. The minimum Gasteiger partial charge on any atom is -0.256 e. The Labute approximate surface area is 312 Å². The largest absolute Gasteiger partial charge is 0.256 e. The molecule has 0 saturated heterocycles. The predicted molar refractivity (Wildman–Crippen MR) is 232 cm³/mol. The number of benzene rings is 7. The van der Waals surface area contributed by atoms with Gasteiger partial charge >= 0.3 is 0 Å². The van der Waals surface area contributed by atoms with E-state index in [1.807, 2.05) is 30.5 Å². The van der Waals surface area contributed by atoms with Crippen molar-refractivity contribution in [1.82, 2.24) is 4.98 Å². The van der Waals surface area contributed by atoms with E-state index in [1.54, 1.807) is 0 Å². The molecule has 0 N–H and O–H groups in total. The predicted octanol–water partition coefficient (Wildman–Crippen LogP) is 14.6. The minimum atomic E-state index is 0.958. The van der Waals surface area contributed by atoms with Gasteiger partial charge in [-0.1, -0.05) is 184 Å². The first kappa shape index (κ1) is 33.3. The van der Waals surface area contributed by atoms with Crippen molar-refractivity contribution in [3.05, 3.63) is 200 Å². The lowest BCUT2D eigenvalue weighted by atomic mass is 9.80. The second kappa shape index (κ2) is 14.1. The highest BCUT2D eigenvalue weighted by Gasteiger charge is 2.22. The fourth-order valence-corrected chi connectivity index (χ4v) is 7.70. The molecule has 0 atom stereocenters.